The summed E-state index contributed by atoms with van der Waals surface area (Å²) < 4.78 is 11.2. The van der Waals surface area contributed by atoms with Crippen LogP contribution in [0.3, 0.4) is 0 Å². The number of ether oxygens (including phenoxy) is 1. The van der Waals surface area contributed by atoms with Crippen LogP contribution in [0, 0.1) is 0 Å². The monoisotopic (exact) mass is 345 g/mol. The third-order valence-corrected chi connectivity index (χ3v) is 5.14. The molecule has 1 atom stereocenters. The highest BCUT2D eigenvalue weighted by Gasteiger charge is 2.15. The zero-order valence-electron chi connectivity index (χ0n) is 14.0. The fraction of sp³-hybridized carbons (Fsp3) is 0.389. The quantitative estimate of drug-likeness (QED) is 0.814. The molecule has 3 rings (SSSR count). The zero-order chi connectivity index (χ0) is 16.9. The third-order valence-electron chi connectivity index (χ3n) is 3.97. The molecule has 6 heteroatoms. The molecule has 128 valence electrons. The van der Waals surface area contributed by atoms with Crippen molar-refractivity contribution in [3.63, 3.8) is 0 Å². The highest BCUT2D eigenvalue weighted by atomic mass is 32.2. The molecular weight excluding hydrogens is 322 g/mol. The third kappa shape index (κ3) is 4.33. The van der Waals surface area contributed by atoms with E-state index in [4.69, 9.17) is 9.15 Å². The van der Waals surface area contributed by atoms with Crippen molar-refractivity contribution in [2.75, 3.05) is 37.5 Å². The summed E-state index contributed by atoms with van der Waals surface area (Å²) in [5, 5.41) is 4.63. The maximum absolute atomic E-state index is 5.80. The fourth-order valence-corrected chi connectivity index (χ4v) is 3.52. The molecule has 0 bridgehead atoms. The highest BCUT2D eigenvalue weighted by Crippen LogP contribution is 2.21. The van der Waals surface area contributed by atoms with Gasteiger partial charge < -0.3 is 19.4 Å². The Hall–Kier alpha value is -1.92. The summed E-state index contributed by atoms with van der Waals surface area (Å²) in [7, 11) is 1.91. The van der Waals surface area contributed by atoms with E-state index in [1.165, 1.54) is 5.56 Å². The summed E-state index contributed by atoms with van der Waals surface area (Å²) in [6.45, 7) is 9.83. The average molecular weight is 345 g/mol. The summed E-state index contributed by atoms with van der Waals surface area (Å²) in [6, 6.07) is 8.89. The number of rotatable bonds is 7. The van der Waals surface area contributed by atoms with Crippen molar-refractivity contribution in [3.8, 4) is 5.75 Å². The number of nitrogens with zero attached hydrogens (tertiary/aromatic N) is 2. The molecule has 1 fully saturated rings. The summed E-state index contributed by atoms with van der Waals surface area (Å²) in [5.74, 6) is 1.95. The van der Waals surface area contributed by atoms with Crippen LogP contribution in [0.15, 0.2) is 28.7 Å². The van der Waals surface area contributed by atoms with E-state index in [-0.39, 0.29) is 0 Å². The molecule has 1 saturated heterocycles. The Morgan fingerprint density at radius 3 is 2.79 bits per heavy atom. The van der Waals surface area contributed by atoms with Crippen molar-refractivity contribution in [2.45, 2.75) is 11.7 Å². The molecule has 1 aromatic heterocycles. The Bertz CT molecular complexity index is 726. The lowest BCUT2D eigenvalue weighted by molar-refractivity contribution is 0.322. The molecule has 0 spiro atoms. The standard InChI is InChI=1S/C18H23N3O2S/c1-13-14(2)23-18(20-13)21(3)8-9-22-16-6-4-15(5-7-16)10-17-11-19-12-24-17/h4-7,17,19H,1-2,8-12H2,3H3. The highest BCUT2D eigenvalue weighted by molar-refractivity contribution is 8.00. The number of anilines is 1. The number of hydrogen-bond acceptors (Lipinski definition) is 6. The topological polar surface area (TPSA) is 50.5 Å². The first kappa shape index (κ1) is 16.9. The van der Waals surface area contributed by atoms with Crippen molar-refractivity contribution in [2.24, 2.45) is 0 Å². The summed E-state index contributed by atoms with van der Waals surface area (Å²) in [6.07, 6.45) is 1.10. The van der Waals surface area contributed by atoms with Crippen LogP contribution in [-0.2, 0) is 6.42 Å². The summed E-state index contributed by atoms with van der Waals surface area (Å²) >= 11 is 1.99. The first-order valence-electron chi connectivity index (χ1n) is 8.02. The second-order valence-corrected chi connectivity index (χ2v) is 7.16. The first-order valence-corrected chi connectivity index (χ1v) is 9.06. The number of thioether (sulfide) groups is 1. The van der Waals surface area contributed by atoms with Crippen LogP contribution in [0.2, 0.25) is 0 Å². The van der Waals surface area contributed by atoms with E-state index in [0.29, 0.717) is 35.2 Å². The minimum absolute atomic E-state index is 0.504. The van der Waals surface area contributed by atoms with Gasteiger partial charge >= 0.3 is 0 Å². The van der Waals surface area contributed by atoms with Gasteiger partial charge in [0.2, 0.25) is 0 Å². The second-order valence-electron chi connectivity index (χ2n) is 5.87. The molecule has 1 aliphatic heterocycles. The van der Waals surface area contributed by atoms with Gasteiger partial charge in [-0.25, -0.2) is 0 Å². The van der Waals surface area contributed by atoms with Gasteiger partial charge in [0.25, 0.3) is 6.01 Å². The van der Waals surface area contributed by atoms with E-state index < -0.39 is 0 Å². The Morgan fingerprint density at radius 1 is 1.38 bits per heavy atom. The number of oxazole rings is 1. The lowest BCUT2D eigenvalue weighted by Crippen LogP contribution is -2.24. The fourth-order valence-electron chi connectivity index (χ4n) is 2.50. The van der Waals surface area contributed by atoms with Gasteiger partial charge in [-0.15, -0.1) is 11.8 Å². The molecule has 1 aliphatic rings. The molecule has 1 unspecified atom stereocenters. The molecule has 2 aromatic rings. The van der Waals surface area contributed by atoms with E-state index in [1.807, 2.05) is 35.8 Å². The molecular formula is C18H23N3O2S. The van der Waals surface area contributed by atoms with Gasteiger partial charge in [-0.2, -0.15) is 4.98 Å². The summed E-state index contributed by atoms with van der Waals surface area (Å²) in [5.41, 5.74) is 1.86. The van der Waals surface area contributed by atoms with Crippen LogP contribution in [0.25, 0.3) is 13.2 Å². The average Bonchev–Trinajstić information content (AvgIpc) is 3.19. The van der Waals surface area contributed by atoms with Gasteiger partial charge in [0.05, 0.1) is 6.54 Å². The lowest BCUT2D eigenvalue weighted by Gasteiger charge is -2.15. The number of aromatic nitrogens is 1. The largest absolute Gasteiger partial charge is 0.492 e. The SMILES string of the molecule is C=c1nc(N(C)CCOc2ccc(CC3CNCS3)cc2)oc1=C. The van der Waals surface area contributed by atoms with Gasteiger partial charge in [-0.3, -0.25) is 0 Å². The Morgan fingerprint density at radius 2 is 2.17 bits per heavy atom. The number of likely N-dealkylation sites (N-methyl/N-ethyl adjacent to an activating group) is 1. The Labute approximate surface area is 146 Å². The normalized spacial score (nSPS) is 17.1. The number of benzene rings is 1. The molecule has 24 heavy (non-hydrogen) atoms. The van der Waals surface area contributed by atoms with Gasteiger partial charge in [0.1, 0.15) is 23.1 Å². The molecule has 0 radical (unpaired) electrons. The van der Waals surface area contributed by atoms with Gasteiger partial charge in [0.15, 0.2) is 0 Å². The summed E-state index contributed by atoms with van der Waals surface area (Å²) in [4.78, 5) is 6.11. The Balaban J connectivity index is 1.46. The van der Waals surface area contributed by atoms with E-state index in [2.05, 4.69) is 35.6 Å². The molecule has 0 aliphatic carbocycles. The first-order chi connectivity index (χ1) is 11.6. The van der Waals surface area contributed by atoms with Crippen LogP contribution in [0.1, 0.15) is 5.56 Å². The predicted molar refractivity (Wildman–Crippen MR) is 100.0 cm³/mol. The molecule has 5 nitrogen and oxygen atoms in total. The second kappa shape index (κ2) is 7.77. The van der Waals surface area contributed by atoms with Crippen LogP contribution < -0.4 is 25.7 Å². The van der Waals surface area contributed by atoms with Gasteiger partial charge in [0, 0.05) is 24.7 Å². The van der Waals surface area contributed by atoms with E-state index >= 15 is 0 Å². The molecule has 1 N–H and O–H groups in total. The molecule has 2 heterocycles. The van der Waals surface area contributed by atoms with Crippen molar-refractivity contribution < 1.29 is 9.15 Å². The van der Waals surface area contributed by atoms with Crippen LogP contribution in [-0.4, -0.2) is 42.9 Å². The van der Waals surface area contributed by atoms with Gasteiger partial charge in [-0.05, 0) is 24.1 Å². The van der Waals surface area contributed by atoms with Crippen molar-refractivity contribution in [1.29, 1.82) is 0 Å². The zero-order valence-corrected chi connectivity index (χ0v) is 14.8. The molecule has 0 amide bonds. The van der Waals surface area contributed by atoms with Crippen molar-refractivity contribution >= 4 is 30.9 Å². The van der Waals surface area contributed by atoms with E-state index in [0.717, 1.165) is 24.6 Å². The van der Waals surface area contributed by atoms with E-state index in [9.17, 15) is 0 Å². The van der Waals surface area contributed by atoms with Crippen LogP contribution in [0.4, 0.5) is 6.01 Å². The van der Waals surface area contributed by atoms with Crippen molar-refractivity contribution in [1.82, 2.24) is 10.3 Å². The predicted octanol–water partition coefficient (Wildman–Crippen LogP) is 1.22. The lowest BCUT2D eigenvalue weighted by atomic mass is 10.1. The number of nitrogens with one attached hydrogen (secondary N) is 1. The maximum atomic E-state index is 5.80. The maximum Gasteiger partial charge on any atom is 0.298 e. The van der Waals surface area contributed by atoms with Crippen LogP contribution >= 0.6 is 11.8 Å². The smallest absolute Gasteiger partial charge is 0.298 e. The molecule has 1 aromatic carbocycles. The minimum Gasteiger partial charge on any atom is -0.492 e. The molecule has 0 saturated carbocycles. The van der Waals surface area contributed by atoms with Crippen LogP contribution in [0.5, 0.6) is 5.75 Å². The minimum atomic E-state index is 0.504. The van der Waals surface area contributed by atoms with Crippen molar-refractivity contribution in [3.05, 3.63) is 40.6 Å². The van der Waals surface area contributed by atoms with E-state index in [1.54, 1.807) is 0 Å². The Kier molecular flexibility index (Phi) is 5.48. The number of hydrogen-bond donors (Lipinski definition) is 1. The van der Waals surface area contributed by atoms with Gasteiger partial charge in [-0.1, -0.05) is 25.3 Å².